The maximum Gasteiger partial charge on any atom is 0.261 e. The molecule has 0 aliphatic carbocycles. The van der Waals surface area contributed by atoms with Gasteiger partial charge in [-0.3, -0.25) is 4.79 Å². The van der Waals surface area contributed by atoms with E-state index in [0.29, 0.717) is 11.6 Å². The summed E-state index contributed by atoms with van der Waals surface area (Å²) in [6.07, 6.45) is 3.46. The molecule has 1 aromatic carbocycles. The van der Waals surface area contributed by atoms with Gasteiger partial charge in [0.1, 0.15) is 11.6 Å². The summed E-state index contributed by atoms with van der Waals surface area (Å²) in [4.78, 5) is 11.7. The highest BCUT2D eigenvalue weighted by molar-refractivity contribution is 6.30. The smallest absolute Gasteiger partial charge is 0.261 e. The molecule has 3 nitrogen and oxygen atoms in total. The van der Waals surface area contributed by atoms with Crippen molar-refractivity contribution in [3.05, 3.63) is 40.4 Å². The highest BCUT2D eigenvalue weighted by Gasteiger charge is 2.07. The quantitative estimate of drug-likeness (QED) is 0.503. The first kappa shape index (κ1) is 14.3. The molecule has 1 rings (SSSR count). The van der Waals surface area contributed by atoms with Crippen molar-refractivity contribution in [2.75, 3.05) is 6.54 Å². The van der Waals surface area contributed by atoms with Crippen LogP contribution in [0.15, 0.2) is 29.8 Å². The molecule has 0 unspecified atom stereocenters. The Kier molecular flexibility index (Phi) is 5.96. The minimum atomic E-state index is -0.332. The summed E-state index contributed by atoms with van der Waals surface area (Å²) >= 11 is 5.76. The van der Waals surface area contributed by atoms with Crippen LogP contribution >= 0.6 is 11.6 Å². The number of carbonyl (C=O) groups is 1. The SMILES string of the molecule is CCCCNC(=O)/C(C#N)=C/c1ccc(Cl)cc1. The number of nitriles is 1. The third kappa shape index (κ3) is 4.60. The van der Waals surface area contributed by atoms with Crippen LogP contribution in [0.3, 0.4) is 0 Å². The molecule has 0 aliphatic rings. The van der Waals surface area contributed by atoms with Gasteiger partial charge in [-0.25, -0.2) is 0 Å². The summed E-state index contributed by atoms with van der Waals surface area (Å²) in [7, 11) is 0. The van der Waals surface area contributed by atoms with E-state index in [0.717, 1.165) is 18.4 Å². The van der Waals surface area contributed by atoms with E-state index in [2.05, 4.69) is 5.32 Å². The zero-order valence-corrected chi connectivity index (χ0v) is 11.0. The lowest BCUT2D eigenvalue weighted by Crippen LogP contribution is -2.25. The Hall–Kier alpha value is -1.79. The zero-order valence-electron chi connectivity index (χ0n) is 10.2. The van der Waals surface area contributed by atoms with Gasteiger partial charge >= 0.3 is 0 Å². The molecule has 0 fully saturated rings. The van der Waals surface area contributed by atoms with E-state index >= 15 is 0 Å². The van der Waals surface area contributed by atoms with Gasteiger partial charge in [0.2, 0.25) is 0 Å². The molecule has 18 heavy (non-hydrogen) atoms. The second-order valence-electron chi connectivity index (χ2n) is 3.83. The number of carbonyl (C=O) groups excluding carboxylic acids is 1. The standard InChI is InChI=1S/C14H15ClN2O/c1-2-3-8-17-14(18)12(10-16)9-11-4-6-13(15)7-5-11/h4-7,9H,2-3,8H2,1H3,(H,17,18)/b12-9+. The van der Waals surface area contributed by atoms with Crippen LogP contribution in [-0.4, -0.2) is 12.5 Å². The molecule has 4 heteroatoms. The van der Waals surface area contributed by atoms with Gasteiger partial charge in [0.25, 0.3) is 5.91 Å². The molecular formula is C14H15ClN2O. The summed E-state index contributed by atoms with van der Waals surface area (Å²) in [5.74, 6) is -0.332. The van der Waals surface area contributed by atoms with Crippen LogP contribution in [0.25, 0.3) is 6.08 Å². The number of hydrogen-bond donors (Lipinski definition) is 1. The molecule has 1 amide bonds. The summed E-state index contributed by atoms with van der Waals surface area (Å²) in [6, 6.07) is 8.87. The van der Waals surface area contributed by atoms with Crippen LogP contribution in [0.4, 0.5) is 0 Å². The number of benzene rings is 1. The number of amides is 1. The summed E-state index contributed by atoms with van der Waals surface area (Å²) < 4.78 is 0. The molecule has 1 aromatic rings. The van der Waals surface area contributed by atoms with E-state index in [-0.39, 0.29) is 11.5 Å². The van der Waals surface area contributed by atoms with Gasteiger partial charge in [-0.05, 0) is 30.2 Å². The molecular weight excluding hydrogens is 248 g/mol. The van der Waals surface area contributed by atoms with Gasteiger partial charge < -0.3 is 5.32 Å². The molecule has 0 heterocycles. The minimum absolute atomic E-state index is 0.105. The highest BCUT2D eigenvalue weighted by Crippen LogP contribution is 2.12. The Morgan fingerprint density at radius 1 is 1.44 bits per heavy atom. The van der Waals surface area contributed by atoms with Crippen LogP contribution in [-0.2, 0) is 4.79 Å². The molecule has 94 valence electrons. The number of halogens is 1. The lowest BCUT2D eigenvalue weighted by molar-refractivity contribution is -0.117. The molecule has 0 bridgehead atoms. The molecule has 0 saturated carbocycles. The minimum Gasteiger partial charge on any atom is -0.351 e. The molecule has 0 aliphatic heterocycles. The normalized spacial score (nSPS) is 10.8. The number of nitrogens with zero attached hydrogens (tertiary/aromatic N) is 1. The van der Waals surface area contributed by atoms with Crippen LogP contribution < -0.4 is 5.32 Å². The predicted molar refractivity (Wildman–Crippen MR) is 73.0 cm³/mol. The fourth-order valence-corrected chi connectivity index (χ4v) is 1.47. The van der Waals surface area contributed by atoms with Gasteiger partial charge in [-0.2, -0.15) is 5.26 Å². The van der Waals surface area contributed by atoms with Crippen molar-refractivity contribution < 1.29 is 4.79 Å². The molecule has 0 spiro atoms. The van der Waals surface area contributed by atoms with E-state index in [1.165, 1.54) is 0 Å². The Morgan fingerprint density at radius 2 is 2.11 bits per heavy atom. The number of hydrogen-bond acceptors (Lipinski definition) is 2. The van der Waals surface area contributed by atoms with Crippen molar-refractivity contribution in [2.24, 2.45) is 0 Å². The monoisotopic (exact) mass is 262 g/mol. The Balaban J connectivity index is 2.74. The van der Waals surface area contributed by atoms with Crippen molar-refractivity contribution in [3.63, 3.8) is 0 Å². The summed E-state index contributed by atoms with van der Waals surface area (Å²) in [5, 5.41) is 12.3. The van der Waals surface area contributed by atoms with Crippen molar-refractivity contribution in [1.82, 2.24) is 5.32 Å². The third-order valence-electron chi connectivity index (χ3n) is 2.36. The van der Waals surface area contributed by atoms with Crippen molar-refractivity contribution in [3.8, 4) is 6.07 Å². The van der Waals surface area contributed by atoms with E-state index in [9.17, 15) is 4.79 Å². The van der Waals surface area contributed by atoms with Gasteiger partial charge in [0.15, 0.2) is 0 Å². The molecule has 1 N–H and O–H groups in total. The lowest BCUT2D eigenvalue weighted by Gasteiger charge is -2.02. The van der Waals surface area contributed by atoms with Crippen molar-refractivity contribution in [2.45, 2.75) is 19.8 Å². The largest absolute Gasteiger partial charge is 0.351 e. The van der Waals surface area contributed by atoms with Crippen molar-refractivity contribution in [1.29, 1.82) is 5.26 Å². The second kappa shape index (κ2) is 7.52. The first-order valence-corrected chi connectivity index (χ1v) is 6.20. The first-order chi connectivity index (χ1) is 8.67. The van der Waals surface area contributed by atoms with Crippen LogP contribution in [0.5, 0.6) is 0 Å². The van der Waals surface area contributed by atoms with Crippen molar-refractivity contribution >= 4 is 23.6 Å². The Morgan fingerprint density at radius 3 is 2.67 bits per heavy atom. The van der Waals surface area contributed by atoms with Gasteiger partial charge in [-0.1, -0.05) is 37.1 Å². The van der Waals surface area contributed by atoms with Crippen LogP contribution in [0, 0.1) is 11.3 Å². The average molecular weight is 263 g/mol. The number of nitrogens with one attached hydrogen (secondary N) is 1. The van der Waals surface area contributed by atoms with Gasteiger partial charge in [0.05, 0.1) is 0 Å². The average Bonchev–Trinajstić information content (AvgIpc) is 2.38. The van der Waals surface area contributed by atoms with E-state index in [1.807, 2.05) is 13.0 Å². The topological polar surface area (TPSA) is 52.9 Å². The molecule has 0 aromatic heterocycles. The second-order valence-corrected chi connectivity index (χ2v) is 4.27. The Labute approximate surface area is 112 Å². The molecule has 0 atom stereocenters. The van der Waals surface area contributed by atoms with Crippen LogP contribution in [0.1, 0.15) is 25.3 Å². The van der Waals surface area contributed by atoms with Crippen LogP contribution in [0.2, 0.25) is 5.02 Å². The van der Waals surface area contributed by atoms with E-state index in [4.69, 9.17) is 16.9 Å². The zero-order chi connectivity index (χ0) is 13.4. The fourth-order valence-electron chi connectivity index (χ4n) is 1.35. The maximum absolute atomic E-state index is 11.7. The predicted octanol–water partition coefficient (Wildman–Crippen LogP) is 3.16. The summed E-state index contributed by atoms with van der Waals surface area (Å²) in [5.41, 5.74) is 0.884. The number of rotatable bonds is 5. The molecule has 0 saturated heterocycles. The molecule has 0 radical (unpaired) electrons. The van der Waals surface area contributed by atoms with Gasteiger partial charge in [0, 0.05) is 11.6 Å². The first-order valence-electron chi connectivity index (χ1n) is 5.83. The number of unbranched alkanes of at least 4 members (excludes halogenated alkanes) is 1. The maximum atomic E-state index is 11.7. The summed E-state index contributed by atoms with van der Waals surface area (Å²) in [6.45, 7) is 2.63. The fraction of sp³-hybridized carbons (Fsp3) is 0.286. The van der Waals surface area contributed by atoms with E-state index < -0.39 is 0 Å². The third-order valence-corrected chi connectivity index (χ3v) is 2.61. The highest BCUT2D eigenvalue weighted by atomic mass is 35.5. The van der Waals surface area contributed by atoms with Gasteiger partial charge in [-0.15, -0.1) is 0 Å². The Bertz CT molecular complexity index is 472. The van der Waals surface area contributed by atoms with E-state index in [1.54, 1.807) is 30.3 Å². The lowest BCUT2D eigenvalue weighted by atomic mass is 10.1.